The third kappa shape index (κ3) is 2.67. The molecule has 0 aromatic heterocycles. The molecule has 0 amide bonds. The maximum absolute atomic E-state index is 12.2. The Kier molecular flexibility index (Phi) is 3.76. The van der Waals surface area contributed by atoms with Crippen molar-refractivity contribution in [1.82, 2.24) is 0 Å². The first kappa shape index (κ1) is 17.7. The van der Waals surface area contributed by atoms with E-state index in [4.69, 9.17) is 19.3 Å². The first-order valence-corrected chi connectivity index (χ1v) is 11.2. The molecule has 11 unspecified atom stereocenters. The number of carbonyl (C=O) groups excluding carboxylic acids is 1. The maximum atomic E-state index is 12.2. The number of carboxylic acid groups (broad SMARTS) is 1. The van der Waals surface area contributed by atoms with Gasteiger partial charge in [0.25, 0.3) is 0 Å². The van der Waals surface area contributed by atoms with Crippen molar-refractivity contribution >= 4 is 11.9 Å². The summed E-state index contributed by atoms with van der Waals surface area (Å²) in [5, 5.41) is 8.83. The summed E-state index contributed by atoms with van der Waals surface area (Å²) in [7, 11) is 0. The number of hydrogen-bond donors (Lipinski definition) is 1. The summed E-state index contributed by atoms with van der Waals surface area (Å²) in [6.45, 7) is 2.38. The summed E-state index contributed by atoms with van der Waals surface area (Å²) < 4.78 is 17.6. The Hall–Kier alpha value is -1.14. The number of carbonyl (C=O) groups is 2. The number of ether oxygens (including phenoxy) is 3. The molecular formula is C22H30O6. The minimum absolute atomic E-state index is 0.0198. The number of aliphatic carboxylic acids is 1. The highest BCUT2D eigenvalue weighted by Crippen LogP contribution is 2.72. The van der Waals surface area contributed by atoms with Crippen LogP contribution < -0.4 is 0 Å². The predicted octanol–water partition coefficient (Wildman–Crippen LogP) is 2.78. The Bertz CT molecular complexity index is 707. The molecule has 6 fully saturated rings. The Morgan fingerprint density at radius 2 is 1.86 bits per heavy atom. The molecule has 0 aromatic carbocycles. The highest BCUT2D eigenvalue weighted by molar-refractivity contribution is 5.76. The van der Waals surface area contributed by atoms with E-state index in [-0.39, 0.29) is 30.3 Å². The third-order valence-corrected chi connectivity index (χ3v) is 9.05. The van der Waals surface area contributed by atoms with Crippen molar-refractivity contribution in [3.8, 4) is 0 Å². The van der Waals surface area contributed by atoms with E-state index in [0.717, 1.165) is 19.3 Å². The molecule has 6 nitrogen and oxygen atoms in total. The first-order valence-electron chi connectivity index (χ1n) is 11.2. The van der Waals surface area contributed by atoms with Crippen LogP contribution in [0.25, 0.3) is 0 Å². The van der Waals surface area contributed by atoms with Crippen molar-refractivity contribution < 1.29 is 28.9 Å². The van der Waals surface area contributed by atoms with Gasteiger partial charge in [-0.25, -0.2) is 0 Å². The average molecular weight is 390 g/mol. The lowest BCUT2D eigenvalue weighted by Gasteiger charge is -2.43. The molecule has 4 aliphatic carbocycles. The Balaban J connectivity index is 1.19. The second-order valence-corrected chi connectivity index (χ2v) is 10.5. The summed E-state index contributed by atoms with van der Waals surface area (Å²) in [6, 6.07) is 0. The molecule has 2 saturated heterocycles. The van der Waals surface area contributed by atoms with Crippen LogP contribution in [0, 0.1) is 35.0 Å². The predicted molar refractivity (Wildman–Crippen MR) is 97.3 cm³/mol. The molecule has 11 atom stereocenters. The number of esters is 1. The molecule has 4 saturated carbocycles. The van der Waals surface area contributed by atoms with Gasteiger partial charge in [-0.1, -0.05) is 6.92 Å². The third-order valence-electron chi connectivity index (χ3n) is 9.05. The van der Waals surface area contributed by atoms with Gasteiger partial charge in [-0.05, 0) is 73.5 Å². The van der Waals surface area contributed by atoms with Crippen LogP contribution in [-0.4, -0.2) is 47.6 Å². The van der Waals surface area contributed by atoms with E-state index in [2.05, 4.69) is 6.92 Å². The molecule has 2 bridgehead atoms. The van der Waals surface area contributed by atoms with Gasteiger partial charge < -0.3 is 19.3 Å². The first-order chi connectivity index (χ1) is 13.4. The molecule has 6 rings (SSSR count). The molecule has 2 heterocycles. The van der Waals surface area contributed by atoms with Crippen molar-refractivity contribution in [3.63, 3.8) is 0 Å². The lowest BCUT2D eigenvalue weighted by molar-refractivity contribution is -0.157. The zero-order chi connectivity index (χ0) is 19.2. The summed E-state index contributed by atoms with van der Waals surface area (Å²) in [5.74, 6) is 1.82. The van der Waals surface area contributed by atoms with Gasteiger partial charge in [0.1, 0.15) is 6.10 Å². The van der Waals surface area contributed by atoms with Crippen molar-refractivity contribution in [2.75, 3.05) is 0 Å². The van der Waals surface area contributed by atoms with Gasteiger partial charge in [0.05, 0.1) is 37.3 Å². The minimum Gasteiger partial charge on any atom is -0.481 e. The van der Waals surface area contributed by atoms with Crippen LogP contribution in [0.1, 0.15) is 58.3 Å². The van der Waals surface area contributed by atoms with Crippen LogP contribution in [-0.2, 0) is 23.8 Å². The number of fused-ring (bicyclic) bond motifs is 8. The molecule has 1 N–H and O–H groups in total. The average Bonchev–Trinajstić information content (AvgIpc) is 3.45. The van der Waals surface area contributed by atoms with Crippen LogP contribution in [0.2, 0.25) is 0 Å². The summed E-state index contributed by atoms with van der Waals surface area (Å²) in [5.41, 5.74) is 0.240. The van der Waals surface area contributed by atoms with E-state index in [1.165, 1.54) is 19.3 Å². The van der Waals surface area contributed by atoms with Gasteiger partial charge in [-0.15, -0.1) is 0 Å². The summed E-state index contributed by atoms with van der Waals surface area (Å²) >= 11 is 0. The maximum Gasteiger partial charge on any atom is 0.306 e. The van der Waals surface area contributed by atoms with E-state index >= 15 is 0 Å². The lowest BCUT2D eigenvalue weighted by Crippen LogP contribution is -2.41. The van der Waals surface area contributed by atoms with E-state index < -0.39 is 5.97 Å². The van der Waals surface area contributed by atoms with E-state index in [9.17, 15) is 9.59 Å². The van der Waals surface area contributed by atoms with Crippen LogP contribution in [0.3, 0.4) is 0 Å². The van der Waals surface area contributed by atoms with E-state index in [1.54, 1.807) is 0 Å². The van der Waals surface area contributed by atoms with Crippen LogP contribution in [0.4, 0.5) is 0 Å². The monoisotopic (exact) mass is 390 g/mol. The highest BCUT2D eigenvalue weighted by Gasteiger charge is 2.73. The van der Waals surface area contributed by atoms with Crippen LogP contribution >= 0.6 is 0 Å². The number of carboxylic acids is 1. The SMILES string of the molecule is CC1CC2OC2CC1CC12CC(OC(=O)CCC(=O)O)C(C1)C1CC3OC3C12. The second kappa shape index (κ2) is 5.94. The van der Waals surface area contributed by atoms with Gasteiger partial charge in [0.2, 0.25) is 0 Å². The van der Waals surface area contributed by atoms with Crippen molar-refractivity contribution in [2.45, 2.75) is 88.8 Å². The minimum atomic E-state index is -0.943. The molecule has 0 aromatic rings. The van der Waals surface area contributed by atoms with Crippen LogP contribution in [0.5, 0.6) is 0 Å². The molecular weight excluding hydrogens is 360 g/mol. The van der Waals surface area contributed by atoms with E-state index in [1.807, 2.05) is 0 Å². The highest BCUT2D eigenvalue weighted by atomic mass is 16.6. The molecule has 154 valence electrons. The van der Waals surface area contributed by atoms with Crippen molar-refractivity contribution in [2.24, 2.45) is 35.0 Å². The Labute approximate surface area is 165 Å². The van der Waals surface area contributed by atoms with Gasteiger partial charge in [-0.3, -0.25) is 9.59 Å². The molecule has 0 radical (unpaired) electrons. The second-order valence-electron chi connectivity index (χ2n) is 10.5. The van der Waals surface area contributed by atoms with Crippen LogP contribution in [0.15, 0.2) is 0 Å². The van der Waals surface area contributed by atoms with Gasteiger partial charge in [0.15, 0.2) is 0 Å². The zero-order valence-corrected chi connectivity index (χ0v) is 16.4. The van der Waals surface area contributed by atoms with Gasteiger partial charge >= 0.3 is 11.9 Å². The molecule has 28 heavy (non-hydrogen) atoms. The molecule has 6 heteroatoms. The number of hydrogen-bond acceptors (Lipinski definition) is 5. The number of epoxide rings is 2. The van der Waals surface area contributed by atoms with Gasteiger partial charge in [0, 0.05) is 0 Å². The Morgan fingerprint density at radius 3 is 2.68 bits per heavy atom. The summed E-state index contributed by atoms with van der Waals surface area (Å²) in [4.78, 5) is 23.0. The smallest absolute Gasteiger partial charge is 0.306 e. The Morgan fingerprint density at radius 1 is 1.04 bits per heavy atom. The largest absolute Gasteiger partial charge is 0.481 e. The van der Waals surface area contributed by atoms with E-state index in [0.29, 0.717) is 54.0 Å². The quantitative estimate of drug-likeness (QED) is 0.554. The molecule has 2 aliphatic heterocycles. The standard InChI is InChI=1S/C22H30O6/c1-10-4-14-15(26-14)5-11(10)7-22-8-13(12-6-16-21(28-16)20(12)22)17(9-22)27-19(25)3-2-18(23)24/h10-17,20-21H,2-9H2,1H3,(H,23,24). The fraction of sp³-hybridized carbons (Fsp3) is 0.909. The van der Waals surface area contributed by atoms with Gasteiger partial charge in [-0.2, -0.15) is 0 Å². The topological polar surface area (TPSA) is 88.7 Å². The van der Waals surface area contributed by atoms with Crippen molar-refractivity contribution in [3.05, 3.63) is 0 Å². The molecule has 6 aliphatic rings. The number of rotatable bonds is 6. The normalized spacial score (nSPS) is 54.6. The lowest BCUT2D eigenvalue weighted by atomic mass is 9.63. The van der Waals surface area contributed by atoms with Crippen molar-refractivity contribution in [1.29, 1.82) is 0 Å². The molecule has 0 spiro atoms. The fourth-order valence-corrected chi connectivity index (χ4v) is 7.86. The fourth-order valence-electron chi connectivity index (χ4n) is 7.86. The summed E-state index contributed by atoms with van der Waals surface area (Å²) in [6.07, 6.45) is 8.53. The zero-order valence-electron chi connectivity index (χ0n) is 16.4.